The maximum atomic E-state index is 10.6. The largest absolute Gasteiger partial charge is 0.388 e. The third-order valence-electron chi connectivity index (χ3n) is 4.38. The lowest BCUT2D eigenvalue weighted by Crippen LogP contribution is -2.43. The molecule has 0 amide bonds. The van der Waals surface area contributed by atoms with Gasteiger partial charge in [-0.2, -0.15) is 0 Å². The lowest BCUT2D eigenvalue weighted by atomic mass is 9.70. The van der Waals surface area contributed by atoms with Gasteiger partial charge in [0, 0.05) is 13.2 Å². The number of nitrogens with zero attached hydrogens (tertiary/aromatic N) is 1. The number of aliphatic hydroxyl groups is 1. The maximum absolute atomic E-state index is 10.6. The molecule has 2 unspecified atom stereocenters. The molecule has 0 bridgehead atoms. The average Bonchev–Trinajstić information content (AvgIpc) is 2.85. The molecule has 1 heterocycles. The summed E-state index contributed by atoms with van der Waals surface area (Å²) in [6.45, 7) is 6.36. The normalized spacial score (nSPS) is 34.1. The zero-order valence-corrected chi connectivity index (χ0v) is 12.8. The van der Waals surface area contributed by atoms with Gasteiger partial charge in [-0.15, -0.1) is 0 Å². The Hall–Kier alpha value is -0.810. The molecule has 0 aromatic carbocycles. The summed E-state index contributed by atoms with van der Waals surface area (Å²) >= 11 is 0. The van der Waals surface area contributed by atoms with Gasteiger partial charge in [-0.1, -0.05) is 13.8 Å². The number of ether oxygens (including phenoxy) is 1. The highest BCUT2D eigenvalue weighted by Gasteiger charge is 2.38. The molecule has 116 valence electrons. The van der Waals surface area contributed by atoms with Crippen molar-refractivity contribution < 1.29 is 9.84 Å². The highest BCUT2D eigenvalue weighted by Crippen LogP contribution is 2.40. The molecule has 5 heteroatoms. The molecule has 2 rings (SSSR count). The Balaban J connectivity index is 1.78. The molecule has 4 N–H and O–H groups in total. The van der Waals surface area contributed by atoms with E-state index in [-0.39, 0.29) is 11.5 Å². The Morgan fingerprint density at radius 2 is 2.20 bits per heavy atom. The fourth-order valence-electron chi connectivity index (χ4n) is 3.41. The number of hydrogen-bond donors (Lipinski definition) is 3. The van der Waals surface area contributed by atoms with Gasteiger partial charge in [0.15, 0.2) is 5.96 Å². The first-order chi connectivity index (χ1) is 9.39. The monoisotopic (exact) mass is 283 g/mol. The van der Waals surface area contributed by atoms with Crippen LogP contribution in [0, 0.1) is 5.41 Å². The van der Waals surface area contributed by atoms with Crippen molar-refractivity contribution in [3.8, 4) is 0 Å². The van der Waals surface area contributed by atoms with Crippen molar-refractivity contribution in [3.05, 3.63) is 0 Å². The van der Waals surface area contributed by atoms with Gasteiger partial charge in [-0.3, -0.25) is 4.99 Å². The van der Waals surface area contributed by atoms with Crippen LogP contribution in [0.3, 0.4) is 0 Å². The van der Waals surface area contributed by atoms with Crippen molar-refractivity contribution in [2.45, 2.75) is 64.1 Å². The molecular weight excluding hydrogens is 254 g/mol. The fraction of sp³-hybridized carbons (Fsp3) is 0.933. The number of nitrogens with two attached hydrogens (primary N) is 1. The smallest absolute Gasteiger partial charge is 0.188 e. The van der Waals surface area contributed by atoms with Crippen LogP contribution in [-0.4, -0.2) is 42.5 Å². The van der Waals surface area contributed by atoms with E-state index < -0.39 is 5.60 Å². The molecule has 2 aliphatic rings. The highest BCUT2D eigenvalue weighted by molar-refractivity contribution is 5.77. The molecule has 20 heavy (non-hydrogen) atoms. The molecule has 1 aliphatic heterocycles. The van der Waals surface area contributed by atoms with E-state index in [1.54, 1.807) is 0 Å². The van der Waals surface area contributed by atoms with Crippen molar-refractivity contribution in [2.75, 3.05) is 19.7 Å². The standard InChI is InChI=1S/C15H29N3O2/c1-14(2)6-4-7-15(19,10-14)11-18-13(16)17-9-12-5-3-8-20-12/h12,19H,3-11H2,1-2H3,(H3,16,17,18). The van der Waals surface area contributed by atoms with Crippen LogP contribution in [0.1, 0.15) is 52.4 Å². The fourth-order valence-corrected chi connectivity index (χ4v) is 3.41. The van der Waals surface area contributed by atoms with E-state index in [9.17, 15) is 5.11 Å². The summed E-state index contributed by atoms with van der Waals surface area (Å²) in [5.74, 6) is 0.414. The minimum absolute atomic E-state index is 0.197. The van der Waals surface area contributed by atoms with Crippen molar-refractivity contribution in [1.82, 2.24) is 5.32 Å². The van der Waals surface area contributed by atoms with E-state index in [4.69, 9.17) is 10.5 Å². The number of guanidine groups is 1. The second-order valence-electron chi connectivity index (χ2n) is 7.14. The van der Waals surface area contributed by atoms with Gasteiger partial charge >= 0.3 is 0 Å². The lowest BCUT2D eigenvalue weighted by molar-refractivity contribution is -0.0307. The number of aliphatic imine (C=N–C) groups is 1. The quantitative estimate of drug-likeness (QED) is 0.538. The van der Waals surface area contributed by atoms with E-state index in [0.29, 0.717) is 19.0 Å². The Kier molecular flexibility index (Phi) is 4.91. The number of hydrogen-bond acceptors (Lipinski definition) is 3. The van der Waals surface area contributed by atoms with Crippen molar-refractivity contribution >= 4 is 5.96 Å². The van der Waals surface area contributed by atoms with E-state index in [2.05, 4.69) is 24.2 Å². The predicted molar refractivity (Wildman–Crippen MR) is 80.7 cm³/mol. The third kappa shape index (κ3) is 4.63. The number of nitrogens with one attached hydrogen (secondary N) is 1. The molecule has 2 fully saturated rings. The highest BCUT2D eigenvalue weighted by atomic mass is 16.5. The molecule has 5 nitrogen and oxygen atoms in total. The first-order valence-electron chi connectivity index (χ1n) is 7.76. The SMILES string of the molecule is CC1(C)CCCC(O)(CN=C(N)NCC2CCCO2)C1. The van der Waals surface area contributed by atoms with Crippen LogP contribution in [0.25, 0.3) is 0 Å². The Morgan fingerprint density at radius 1 is 1.40 bits per heavy atom. The van der Waals surface area contributed by atoms with Crippen LogP contribution < -0.4 is 11.1 Å². The van der Waals surface area contributed by atoms with E-state index in [0.717, 1.165) is 38.7 Å². The molecule has 1 saturated carbocycles. The topological polar surface area (TPSA) is 79.9 Å². The molecular formula is C15H29N3O2. The van der Waals surface area contributed by atoms with Gasteiger partial charge in [-0.05, 0) is 43.9 Å². The second-order valence-corrected chi connectivity index (χ2v) is 7.14. The summed E-state index contributed by atoms with van der Waals surface area (Å²) in [4.78, 5) is 4.32. The molecule has 2 atom stereocenters. The Labute approximate surface area is 122 Å². The summed E-state index contributed by atoms with van der Waals surface area (Å²) in [5, 5.41) is 13.7. The molecule has 0 spiro atoms. The zero-order chi connectivity index (χ0) is 14.6. The third-order valence-corrected chi connectivity index (χ3v) is 4.38. The van der Waals surface area contributed by atoms with Crippen LogP contribution in [0.2, 0.25) is 0 Å². The van der Waals surface area contributed by atoms with Gasteiger partial charge in [0.25, 0.3) is 0 Å². The predicted octanol–water partition coefficient (Wildman–Crippen LogP) is 1.40. The van der Waals surface area contributed by atoms with E-state index >= 15 is 0 Å². The van der Waals surface area contributed by atoms with E-state index in [1.807, 2.05) is 0 Å². The van der Waals surface area contributed by atoms with Gasteiger partial charge in [-0.25, -0.2) is 0 Å². The van der Waals surface area contributed by atoms with Gasteiger partial charge in [0.05, 0.1) is 18.2 Å². The Bertz CT molecular complexity index is 351. The molecule has 1 aliphatic carbocycles. The molecule has 0 aromatic heterocycles. The van der Waals surface area contributed by atoms with Crippen molar-refractivity contribution in [1.29, 1.82) is 0 Å². The van der Waals surface area contributed by atoms with Crippen LogP contribution in [-0.2, 0) is 4.74 Å². The summed E-state index contributed by atoms with van der Waals surface area (Å²) in [6, 6.07) is 0. The van der Waals surface area contributed by atoms with Gasteiger partial charge in [0.2, 0.25) is 0 Å². The Morgan fingerprint density at radius 3 is 2.85 bits per heavy atom. The van der Waals surface area contributed by atoms with Gasteiger partial charge < -0.3 is 20.9 Å². The number of rotatable bonds is 4. The summed E-state index contributed by atoms with van der Waals surface area (Å²) < 4.78 is 5.52. The summed E-state index contributed by atoms with van der Waals surface area (Å²) in [5.41, 5.74) is 5.37. The van der Waals surface area contributed by atoms with Crippen molar-refractivity contribution in [2.24, 2.45) is 16.1 Å². The minimum Gasteiger partial charge on any atom is -0.388 e. The van der Waals surface area contributed by atoms with Crippen molar-refractivity contribution in [3.63, 3.8) is 0 Å². The van der Waals surface area contributed by atoms with Crippen LogP contribution in [0.4, 0.5) is 0 Å². The first kappa shape index (κ1) is 15.6. The molecule has 0 aromatic rings. The molecule has 1 saturated heterocycles. The van der Waals surface area contributed by atoms with Crippen LogP contribution in [0.15, 0.2) is 4.99 Å². The molecule has 0 radical (unpaired) electrons. The second kappa shape index (κ2) is 6.31. The average molecular weight is 283 g/mol. The summed E-state index contributed by atoms with van der Waals surface area (Å²) in [6.07, 6.45) is 6.30. The van der Waals surface area contributed by atoms with E-state index in [1.165, 1.54) is 6.42 Å². The van der Waals surface area contributed by atoms with Crippen LogP contribution >= 0.6 is 0 Å². The maximum Gasteiger partial charge on any atom is 0.188 e. The zero-order valence-electron chi connectivity index (χ0n) is 12.8. The lowest BCUT2D eigenvalue weighted by Gasteiger charge is -2.40. The minimum atomic E-state index is -0.697. The first-order valence-corrected chi connectivity index (χ1v) is 7.76. The summed E-state index contributed by atoms with van der Waals surface area (Å²) in [7, 11) is 0. The van der Waals surface area contributed by atoms with Gasteiger partial charge in [0.1, 0.15) is 0 Å². The van der Waals surface area contributed by atoms with Crippen LogP contribution in [0.5, 0.6) is 0 Å².